The smallest absolute Gasteiger partial charge is 0.337 e. The second-order valence-corrected chi connectivity index (χ2v) is 9.63. The minimum atomic E-state index is -3.88. The molecule has 1 atom stereocenters. The molecule has 0 aromatic heterocycles. The van der Waals surface area contributed by atoms with Crippen LogP contribution in [0.5, 0.6) is 0 Å². The fraction of sp³-hybridized carbons (Fsp3) is 0.130. The molecule has 11 heteroatoms. The van der Waals surface area contributed by atoms with Gasteiger partial charge in [0.15, 0.2) is 0 Å². The number of ether oxygens (including phenoxy) is 1. The van der Waals surface area contributed by atoms with Gasteiger partial charge in [-0.1, -0.05) is 35.3 Å². The zero-order valence-corrected chi connectivity index (χ0v) is 20.5. The van der Waals surface area contributed by atoms with Crippen molar-refractivity contribution in [1.29, 1.82) is 0 Å². The van der Waals surface area contributed by atoms with Crippen molar-refractivity contribution in [1.82, 2.24) is 5.32 Å². The van der Waals surface area contributed by atoms with Crippen LogP contribution in [-0.4, -0.2) is 27.5 Å². The summed E-state index contributed by atoms with van der Waals surface area (Å²) in [5, 5.41) is 6.14. The van der Waals surface area contributed by atoms with Gasteiger partial charge in [-0.05, 0) is 67.1 Å². The van der Waals surface area contributed by atoms with Crippen LogP contribution in [0.3, 0.4) is 0 Å². The lowest BCUT2D eigenvalue weighted by Crippen LogP contribution is -2.31. The third kappa shape index (κ3) is 6.19. The molecule has 3 N–H and O–H groups in total. The maximum absolute atomic E-state index is 12.6. The summed E-state index contributed by atoms with van der Waals surface area (Å²) >= 11 is 12.2. The van der Waals surface area contributed by atoms with Crippen molar-refractivity contribution in [2.45, 2.75) is 17.9 Å². The highest BCUT2D eigenvalue weighted by Crippen LogP contribution is 2.29. The van der Waals surface area contributed by atoms with Gasteiger partial charge in [0.25, 0.3) is 10.0 Å². The van der Waals surface area contributed by atoms with Gasteiger partial charge < -0.3 is 15.4 Å². The van der Waals surface area contributed by atoms with Gasteiger partial charge in [-0.25, -0.2) is 18.0 Å². The molecule has 0 aliphatic heterocycles. The highest BCUT2D eigenvalue weighted by molar-refractivity contribution is 7.92. The molecular weight excluding hydrogens is 501 g/mol. The molecule has 0 aliphatic rings. The first-order valence-corrected chi connectivity index (χ1v) is 12.2. The topological polar surface area (TPSA) is 114 Å². The number of esters is 1. The number of anilines is 2. The van der Waals surface area contributed by atoms with Crippen LogP contribution in [0.25, 0.3) is 0 Å². The van der Waals surface area contributed by atoms with E-state index in [0.29, 0.717) is 26.9 Å². The van der Waals surface area contributed by atoms with Crippen LogP contribution >= 0.6 is 23.2 Å². The number of rotatable bonds is 7. The predicted octanol–water partition coefficient (Wildman–Crippen LogP) is 5.46. The van der Waals surface area contributed by atoms with Crippen LogP contribution in [0.15, 0.2) is 71.6 Å². The van der Waals surface area contributed by atoms with Crippen molar-refractivity contribution in [3.05, 3.63) is 87.9 Å². The lowest BCUT2D eigenvalue weighted by molar-refractivity contribution is 0.0600. The Balaban J connectivity index is 1.63. The van der Waals surface area contributed by atoms with Crippen LogP contribution in [0, 0.1) is 0 Å². The van der Waals surface area contributed by atoms with Crippen molar-refractivity contribution in [2.75, 3.05) is 17.1 Å². The Hall–Kier alpha value is -3.27. The molecular formula is C23H21Cl2N3O5S. The number of urea groups is 1. The molecule has 178 valence electrons. The normalized spacial score (nSPS) is 11.9. The van der Waals surface area contributed by atoms with Gasteiger partial charge in [-0.15, -0.1) is 0 Å². The number of carbonyl (C=O) groups excluding carboxylic acids is 2. The Morgan fingerprint density at radius 1 is 0.912 bits per heavy atom. The predicted molar refractivity (Wildman–Crippen MR) is 132 cm³/mol. The van der Waals surface area contributed by atoms with E-state index in [0.717, 1.165) is 0 Å². The summed E-state index contributed by atoms with van der Waals surface area (Å²) in [6.07, 6.45) is 0. The van der Waals surface area contributed by atoms with Gasteiger partial charge in [-0.2, -0.15) is 0 Å². The molecule has 0 unspecified atom stereocenters. The Bertz CT molecular complexity index is 1300. The molecule has 0 radical (unpaired) electrons. The lowest BCUT2D eigenvalue weighted by atomic mass is 10.1. The Labute approximate surface area is 207 Å². The largest absolute Gasteiger partial charge is 0.465 e. The van der Waals surface area contributed by atoms with Crippen LogP contribution in [0.1, 0.15) is 28.9 Å². The fourth-order valence-corrected chi connectivity index (χ4v) is 4.55. The molecule has 3 aromatic rings. The first-order chi connectivity index (χ1) is 16.1. The molecule has 3 aromatic carbocycles. The fourth-order valence-electron chi connectivity index (χ4n) is 3.02. The maximum Gasteiger partial charge on any atom is 0.337 e. The molecule has 0 bridgehead atoms. The van der Waals surface area contributed by atoms with Gasteiger partial charge in [0, 0.05) is 11.4 Å². The number of amides is 2. The Morgan fingerprint density at radius 3 is 2.15 bits per heavy atom. The van der Waals surface area contributed by atoms with Gasteiger partial charge in [-0.3, -0.25) is 4.72 Å². The first-order valence-electron chi connectivity index (χ1n) is 9.93. The number of hydrogen-bond donors (Lipinski definition) is 3. The third-order valence-electron chi connectivity index (χ3n) is 4.78. The van der Waals surface area contributed by atoms with Crippen molar-refractivity contribution in [2.24, 2.45) is 0 Å². The van der Waals surface area contributed by atoms with Gasteiger partial charge in [0.05, 0.1) is 33.7 Å². The first kappa shape index (κ1) is 25.4. The monoisotopic (exact) mass is 521 g/mol. The SMILES string of the molecule is COC(=O)c1ccc(NS(=O)(=O)c2ccc(NC(=O)N[C@@H](C)c3cccc(Cl)c3Cl)cc2)cc1. The van der Waals surface area contributed by atoms with E-state index in [1.807, 2.05) is 0 Å². The van der Waals surface area contributed by atoms with Crippen LogP contribution < -0.4 is 15.4 Å². The molecule has 0 spiro atoms. The number of halogens is 2. The summed E-state index contributed by atoms with van der Waals surface area (Å²) < 4.78 is 32.3. The summed E-state index contributed by atoms with van der Waals surface area (Å²) in [7, 11) is -2.62. The Morgan fingerprint density at radius 2 is 1.53 bits per heavy atom. The molecule has 8 nitrogen and oxygen atoms in total. The van der Waals surface area contributed by atoms with E-state index < -0.39 is 28.1 Å². The van der Waals surface area contributed by atoms with Crippen LogP contribution in [-0.2, 0) is 14.8 Å². The summed E-state index contributed by atoms with van der Waals surface area (Å²) in [6.45, 7) is 1.76. The minimum absolute atomic E-state index is 0.00502. The summed E-state index contributed by atoms with van der Waals surface area (Å²) in [5.41, 5.74) is 1.63. The highest BCUT2D eigenvalue weighted by atomic mass is 35.5. The third-order valence-corrected chi connectivity index (χ3v) is 7.01. The second-order valence-electron chi connectivity index (χ2n) is 7.16. The Kier molecular flexibility index (Phi) is 8.03. The quantitative estimate of drug-likeness (QED) is 0.357. The zero-order chi connectivity index (χ0) is 24.9. The lowest BCUT2D eigenvalue weighted by Gasteiger charge is -2.17. The van der Waals surface area contributed by atoms with E-state index in [1.54, 1.807) is 25.1 Å². The average Bonchev–Trinajstić information content (AvgIpc) is 2.80. The van der Waals surface area contributed by atoms with Crippen LogP contribution in [0.2, 0.25) is 10.0 Å². The van der Waals surface area contributed by atoms with Crippen molar-refractivity contribution < 1.29 is 22.7 Å². The van der Waals surface area contributed by atoms with E-state index in [1.165, 1.54) is 55.6 Å². The average molecular weight is 522 g/mol. The molecule has 0 saturated carbocycles. The highest BCUT2D eigenvalue weighted by Gasteiger charge is 2.17. The van der Waals surface area contributed by atoms with Gasteiger partial charge >= 0.3 is 12.0 Å². The standard InChI is InChI=1S/C23H21Cl2N3O5S/c1-14(19-4-3-5-20(24)21(19)25)26-23(30)27-16-10-12-18(13-11-16)34(31,32)28-17-8-6-15(7-9-17)22(29)33-2/h3-14,28H,1-2H3,(H2,26,27,30)/t14-/m0/s1. The molecule has 0 heterocycles. The molecule has 0 saturated heterocycles. The number of benzene rings is 3. The molecule has 34 heavy (non-hydrogen) atoms. The van der Waals surface area contributed by atoms with Crippen LogP contribution in [0.4, 0.5) is 16.2 Å². The number of sulfonamides is 1. The van der Waals surface area contributed by atoms with Crippen molar-refractivity contribution in [3.63, 3.8) is 0 Å². The number of methoxy groups -OCH3 is 1. The zero-order valence-electron chi connectivity index (χ0n) is 18.1. The van der Waals surface area contributed by atoms with Gasteiger partial charge in [0.1, 0.15) is 0 Å². The number of nitrogens with one attached hydrogen (secondary N) is 3. The van der Waals surface area contributed by atoms with Crippen molar-refractivity contribution in [3.8, 4) is 0 Å². The van der Waals surface area contributed by atoms with E-state index in [2.05, 4.69) is 20.1 Å². The summed E-state index contributed by atoms with van der Waals surface area (Å²) in [5.74, 6) is -0.522. The number of hydrogen-bond acceptors (Lipinski definition) is 5. The minimum Gasteiger partial charge on any atom is -0.465 e. The van der Waals surface area contributed by atoms with Crippen molar-refractivity contribution >= 4 is 56.6 Å². The molecule has 0 fully saturated rings. The van der Waals surface area contributed by atoms with E-state index in [-0.39, 0.29) is 10.6 Å². The van der Waals surface area contributed by atoms with E-state index >= 15 is 0 Å². The second kappa shape index (κ2) is 10.8. The van der Waals surface area contributed by atoms with Gasteiger partial charge in [0.2, 0.25) is 0 Å². The summed E-state index contributed by atoms with van der Waals surface area (Å²) in [6, 6.07) is 15.7. The van der Waals surface area contributed by atoms with E-state index in [4.69, 9.17) is 23.2 Å². The number of carbonyl (C=O) groups is 2. The molecule has 3 rings (SSSR count). The summed E-state index contributed by atoms with van der Waals surface area (Å²) in [4.78, 5) is 23.8. The molecule has 2 amide bonds. The maximum atomic E-state index is 12.6. The molecule has 0 aliphatic carbocycles. The van der Waals surface area contributed by atoms with E-state index in [9.17, 15) is 18.0 Å².